The molecule has 0 heterocycles. The van der Waals surface area contributed by atoms with Gasteiger partial charge in [0.25, 0.3) is 0 Å². The fourth-order valence-corrected chi connectivity index (χ4v) is 1.42. The van der Waals surface area contributed by atoms with Crippen LogP contribution in [0.3, 0.4) is 0 Å². The Morgan fingerprint density at radius 1 is 1.27 bits per heavy atom. The number of benzene rings is 1. The quantitative estimate of drug-likeness (QED) is 0.779. The Bertz CT molecular complexity index is 296. The van der Waals surface area contributed by atoms with E-state index in [1.165, 1.54) is 5.56 Å². The average Bonchev–Trinajstić information content (AvgIpc) is 2.30. The lowest BCUT2D eigenvalue weighted by atomic mass is 9.84. The molecule has 0 saturated heterocycles. The molecule has 1 aromatic rings. The van der Waals surface area contributed by atoms with Gasteiger partial charge in [0.15, 0.2) is 0 Å². The Balaban J connectivity index is 2.53. The van der Waals surface area contributed by atoms with Gasteiger partial charge in [-0.15, -0.1) is 0 Å². The molecule has 0 spiro atoms. The van der Waals surface area contributed by atoms with Gasteiger partial charge in [-0.25, -0.2) is 0 Å². The van der Waals surface area contributed by atoms with Crippen LogP contribution in [-0.2, 0) is 0 Å². The van der Waals surface area contributed by atoms with Crippen LogP contribution in [0.15, 0.2) is 36.4 Å². The van der Waals surface area contributed by atoms with Crippen LogP contribution in [0.25, 0.3) is 6.08 Å². The van der Waals surface area contributed by atoms with E-state index < -0.39 is 0 Å². The van der Waals surface area contributed by atoms with E-state index >= 15 is 0 Å². The number of hydrogen-bond donors (Lipinski definition) is 1. The van der Waals surface area contributed by atoms with Crippen molar-refractivity contribution in [3.63, 3.8) is 0 Å². The minimum Gasteiger partial charge on any atom is -0.330 e. The molecule has 1 unspecified atom stereocenters. The van der Waals surface area contributed by atoms with Crippen LogP contribution >= 0.6 is 0 Å². The van der Waals surface area contributed by atoms with E-state index in [1.807, 2.05) is 6.07 Å². The van der Waals surface area contributed by atoms with Crippen molar-refractivity contribution in [3.8, 4) is 0 Å². The first kappa shape index (κ1) is 12.0. The Labute approximate surface area is 93.0 Å². The summed E-state index contributed by atoms with van der Waals surface area (Å²) in [5.41, 5.74) is 7.28. The van der Waals surface area contributed by atoms with Gasteiger partial charge in [-0.05, 0) is 30.4 Å². The highest BCUT2D eigenvalue weighted by Gasteiger charge is 2.17. The summed E-state index contributed by atoms with van der Waals surface area (Å²) >= 11 is 0. The summed E-state index contributed by atoms with van der Waals surface area (Å²) < 4.78 is 0. The molecule has 0 aliphatic heterocycles. The molecule has 2 N–H and O–H groups in total. The van der Waals surface area contributed by atoms with E-state index in [0.717, 1.165) is 19.4 Å². The molecular formula is C14H21N. The average molecular weight is 203 g/mol. The van der Waals surface area contributed by atoms with Crippen LogP contribution in [0.5, 0.6) is 0 Å². The first-order valence-corrected chi connectivity index (χ1v) is 5.62. The first-order chi connectivity index (χ1) is 7.20. The molecule has 0 radical (unpaired) electrons. The Morgan fingerprint density at radius 2 is 1.93 bits per heavy atom. The summed E-state index contributed by atoms with van der Waals surface area (Å²) in [6, 6.07) is 10.4. The van der Waals surface area contributed by atoms with Crippen molar-refractivity contribution in [2.75, 3.05) is 6.54 Å². The van der Waals surface area contributed by atoms with Crippen molar-refractivity contribution in [2.24, 2.45) is 11.1 Å². The topological polar surface area (TPSA) is 26.0 Å². The highest BCUT2D eigenvalue weighted by atomic mass is 14.6. The molecule has 0 bridgehead atoms. The second-order valence-corrected chi connectivity index (χ2v) is 4.39. The number of nitrogens with two attached hydrogens (primary N) is 1. The van der Waals surface area contributed by atoms with Crippen molar-refractivity contribution >= 4 is 6.08 Å². The fraction of sp³-hybridized carbons (Fsp3) is 0.429. The zero-order valence-corrected chi connectivity index (χ0v) is 9.74. The van der Waals surface area contributed by atoms with Crippen LogP contribution in [0.1, 0.15) is 32.3 Å². The van der Waals surface area contributed by atoms with E-state index in [0.29, 0.717) is 0 Å². The number of hydrogen-bond acceptors (Lipinski definition) is 1. The van der Waals surface area contributed by atoms with Gasteiger partial charge < -0.3 is 5.73 Å². The van der Waals surface area contributed by atoms with Crippen LogP contribution in [0.2, 0.25) is 0 Å². The number of allylic oxidation sites excluding steroid dienone is 1. The summed E-state index contributed by atoms with van der Waals surface area (Å²) in [7, 11) is 0. The molecule has 0 amide bonds. The summed E-state index contributed by atoms with van der Waals surface area (Å²) in [5.74, 6) is 0. The Hall–Kier alpha value is -1.08. The van der Waals surface area contributed by atoms with Gasteiger partial charge in [-0.2, -0.15) is 0 Å². The monoisotopic (exact) mass is 203 g/mol. The van der Waals surface area contributed by atoms with Gasteiger partial charge >= 0.3 is 0 Å². The molecule has 0 saturated carbocycles. The van der Waals surface area contributed by atoms with Crippen LogP contribution in [0.4, 0.5) is 0 Å². The summed E-state index contributed by atoms with van der Waals surface area (Å²) in [4.78, 5) is 0. The Morgan fingerprint density at radius 3 is 2.47 bits per heavy atom. The highest BCUT2D eigenvalue weighted by Crippen LogP contribution is 2.24. The molecular weight excluding hydrogens is 182 g/mol. The molecule has 1 atom stereocenters. The van der Waals surface area contributed by atoms with E-state index in [-0.39, 0.29) is 5.41 Å². The predicted molar refractivity (Wildman–Crippen MR) is 67.5 cm³/mol. The molecule has 15 heavy (non-hydrogen) atoms. The van der Waals surface area contributed by atoms with E-state index in [9.17, 15) is 0 Å². The van der Waals surface area contributed by atoms with Gasteiger partial charge in [0, 0.05) is 0 Å². The standard InChI is InChI=1S/C14H21N/c1-3-14(2,12-15)11-7-10-13-8-5-4-6-9-13/h4-10H,3,11-12,15H2,1-2H3/b10-7+. The zero-order chi connectivity index (χ0) is 11.1. The van der Waals surface area contributed by atoms with E-state index in [4.69, 9.17) is 5.73 Å². The smallest absolute Gasteiger partial charge is 0.00203 e. The molecule has 1 aromatic carbocycles. The highest BCUT2D eigenvalue weighted by molar-refractivity contribution is 5.48. The van der Waals surface area contributed by atoms with Gasteiger partial charge in [-0.1, -0.05) is 56.3 Å². The maximum atomic E-state index is 5.76. The van der Waals surface area contributed by atoms with Crippen molar-refractivity contribution in [1.82, 2.24) is 0 Å². The van der Waals surface area contributed by atoms with E-state index in [1.54, 1.807) is 0 Å². The van der Waals surface area contributed by atoms with Crippen molar-refractivity contribution < 1.29 is 0 Å². The lowest BCUT2D eigenvalue weighted by Crippen LogP contribution is -2.25. The third-order valence-electron chi connectivity index (χ3n) is 3.07. The predicted octanol–water partition coefficient (Wildman–Crippen LogP) is 3.46. The van der Waals surface area contributed by atoms with Crippen molar-refractivity contribution in [2.45, 2.75) is 26.7 Å². The van der Waals surface area contributed by atoms with Gasteiger partial charge in [-0.3, -0.25) is 0 Å². The summed E-state index contributed by atoms with van der Waals surface area (Å²) in [5, 5.41) is 0. The first-order valence-electron chi connectivity index (χ1n) is 5.62. The normalized spacial score (nSPS) is 15.4. The maximum Gasteiger partial charge on any atom is -0.00203 e. The third-order valence-corrected chi connectivity index (χ3v) is 3.07. The largest absolute Gasteiger partial charge is 0.330 e. The molecule has 0 fully saturated rings. The number of rotatable bonds is 5. The van der Waals surface area contributed by atoms with Crippen molar-refractivity contribution in [1.29, 1.82) is 0 Å². The molecule has 1 rings (SSSR count). The zero-order valence-electron chi connectivity index (χ0n) is 9.74. The SMILES string of the molecule is CCC(C)(CN)C/C=C/c1ccccc1. The van der Waals surface area contributed by atoms with Gasteiger partial charge in [0.05, 0.1) is 0 Å². The fourth-order valence-electron chi connectivity index (χ4n) is 1.42. The van der Waals surface area contributed by atoms with Gasteiger partial charge in [0.2, 0.25) is 0 Å². The van der Waals surface area contributed by atoms with E-state index in [2.05, 4.69) is 50.3 Å². The summed E-state index contributed by atoms with van der Waals surface area (Å²) in [6.45, 7) is 5.19. The molecule has 82 valence electrons. The molecule has 0 aliphatic carbocycles. The minimum absolute atomic E-state index is 0.255. The van der Waals surface area contributed by atoms with Crippen molar-refractivity contribution in [3.05, 3.63) is 42.0 Å². The lowest BCUT2D eigenvalue weighted by molar-refractivity contribution is 0.328. The van der Waals surface area contributed by atoms with Crippen LogP contribution in [0, 0.1) is 5.41 Å². The van der Waals surface area contributed by atoms with Crippen LogP contribution < -0.4 is 5.73 Å². The maximum absolute atomic E-state index is 5.76. The third kappa shape index (κ3) is 3.88. The minimum atomic E-state index is 0.255. The second kappa shape index (κ2) is 5.72. The molecule has 0 aromatic heterocycles. The van der Waals surface area contributed by atoms with Gasteiger partial charge in [0.1, 0.15) is 0 Å². The Kier molecular flexibility index (Phi) is 4.57. The lowest BCUT2D eigenvalue weighted by Gasteiger charge is -2.24. The molecule has 0 aliphatic rings. The van der Waals surface area contributed by atoms with Crippen LogP contribution in [-0.4, -0.2) is 6.54 Å². The second-order valence-electron chi connectivity index (χ2n) is 4.39. The molecule has 1 nitrogen and oxygen atoms in total. The summed E-state index contributed by atoms with van der Waals surface area (Å²) in [6.07, 6.45) is 6.58. The molecule has 1 heteroatoms.